The molecular weight excluding hydrogens is 240 g/mol. The molecule has 0 saturated carbocycles. The molecule has 1 unspecified atom stereocenters. The Hall–Kier alpha value is -1.57. The van der Waals surface area contributed by atoms with Crippen molar-refractivity contribution in [1.29, 1.82) is 5.26 Å². The van der Waals surface area contributed by atoms with E-state index >= 15 is 0 Å². The molecule has 1 atom stereocenters. The minimum atomic E-state index is -0.589. The maximum Gasteiger partial charge on any atom is 0.119 e. The van der Waals surface area contributed by atoms with Gasteiger partial charge < -0.3 is 9.84 Å². The number of aliphatic hydroxyl groups is 1. The lowest BCUT2D eigenvalue weighted by atomic mass is 10.1. The summed E-state index contributed by atoms with van der Waals surface area (Å²) in [7, 11) is 0. The number of aryl methyl sites for hydroxylation is 2. The number of hydrogen-bond acceptors (Lipinski definition) is 4. The van der Waals surface area contributed by atoms with Gasteiger partial charge in [0.05, 0.1) is 12.6 Å². The molecule has 19 heavy (non-hydrogen) atoms. The number of nitrogens with zero attached hydrogens (tertiary/aromatic N) is 2. The number of nitriles is 1. The number of aliphatic hydroxyl groups excluding tert-OH is 1. The second-order valence-electron chi connectivity index (χ2n) is 4.77. The van der Waals surface area contributed by atoms with Crippen molar-refractivity contribution >= 4 is 0 Å². The SMILES string of the molecule is CCN(CC#N)CC(O)COc1cc(C)cc(C)c1. The highest BCUT2D eigenvalue weighted by molar-refractivity contribution is 5.32. The van der Waals surface area contributed by atoms with E-state index in [2.05, 4.69) is 12.1 Å². The van der Waals surface area contributed by atoms with Gasteiger partial charge in [-0.2, -0.15) is 5.26 Å². The van der Waals surface area contributed by atoms with Gasteiger partial charge in [-0.1, -0.05) is 13.0 Å². The van der Waals surface area contributed by atoms with E-state index in [1.54, 1.807) is 0 Å². The first-order chi connectivity index (χ1) is 9.05. The standard InChI is InChI=1S/C15H22N2O2/c1-4-17(6-5-16)10-14(18)11-19-15-8-12(2)7-13(3)9-15/h7-9,14,18H,4,6,10-11H2,1-3H3. The molecule has 0 heterocycles. The Balaban J connectivity index is 2.45. The minimum Gasteiger partial charge on any atom is -0.491 e. The molecule has 4 nitrogen and oxygen atoms in total. The Morgan fingerprint density at radius 2 is 1.95 bits per heavy atom. The third-order valence-corrected chi connectivity index (χ3v) is 2.85. The van der Waals surface area contributed by atoms with E-state index < -0.39 is 6.10 Å². The fraction of sp³-hybridized carbons (Fsp3) is 0.533. The van der Waals surface area contributed by atoms with Crippen LogP contribution in [0.2, 0.25) is 0 Å². The Kier molecular flexibility index (Phi) is 6.34. The molecule has 1 aromatic rings. The molecule has 0 aromatic heterocycles. The summed E-state index contributed by atoms with van der Waals surface area (Å²) in [6.07, 6.45) is -0.589. The van der Waals surface area contributed by atoms with E-state index in [0.29, 0.717) is 13.1 Å². The van der Waals surface area contributed by atoms with E-state index in [4.69, 9.17) is 10.00 Å². The predicted octanol–water partition coefficient (Wildman–Crippen LogP) is 1.89. The quantitative estimate of drug-likeness (QED) is 0.762. The van der Waals surface area contributed by atoms with Gasteiger partial charge in [-0.15, -0.1) is 0 Å². The number of likely N-dealkylation sites (N-methyl/N-ethyl adjacent to an activating group) is 1. The highest BCUT2D eigenvalue weighted by Gasteiger charge is 2.11. The topological polar surface area (TPSA) is 56.5 Å². The van der Waals surface area contributed by atoms with Crippen LogP contribution < -0.4 is 4.74 Å². The molecule has 0 spiro atoms. The summed E-state index contributed by atoms with van der Waals surface area (Å²) < 4.78 is 5.59. The van der Waals surface area contributed by atoms with Crippen LogP contribution in [-0.2, 0) is 0 Å². The molecule has 0 aliphatic rings. The van der Waals surface area contributed by atoms with E-state index in [1.807, 2.05) is 37.8 Å². The van der Waals surface area contributed by atoms with Gasteiger partial charge >= 0.3 is 0 Å². The first kappa shape index (κ1) is 15.5. The average molecular weight is 262 g/mol. The molecule has 4 heteroatoms. The number of benzene rings is 1. The normalized spacial score (nSPS) is 12.2. The summed E-state index contributed by atoms with van der Waals surface area (Å²) in [6.45, 7) is 7.77. The van der Waals surface area contributed by atoms with Crippen LogP contribution in [-0.4, -0.2) is 42.4 Å². The second kappa shape index (κ2) is 7.78. The maximum atomic E-state index is 9.90. The van der Waals surface area contributed by atoms with Crippen molar-refractivity contribution in [2.24, 2.45) is 0 Å². The van der Waals surface area contributed by atoms with Crippen LogP contribution in [0.25, 0.3) is 0 Å². The van der Waals surface area contributed by atoms with Gasteiger partial charge in [0.15, 0.2) is 0 Å². The molecule has 0 saturated heterocycles. The lowest BCUT2D eigenvalue weighted by Gasteiger charge is -2.21. The predicted molar refractivity (Wildman–Crippen MR) is 75.1 cm³/mol. The van der Waals surface area contributed by atoms with E-state index in [9.17, 15) is 5.11 Å². The molecule has 104 valence electrons. The summed E-state index contributed by atoms with van der Waals surface area (Å²) >= 11 is 0. The van der Waals surface area contributed by atoms with Gasteiger partial charge in [0, 0.05) is 6.54 Å². The Morgan fingerprint density at radius 1 is 1.32 bits per heavy atom. The number of rotatable bonds is 7. The van der Waals surface area contributed by atoms with Gasteiger partial charge in [0.25, 0.3) is 0 Å². The monoisotopic (exact) mass is 262 g/mol. The van der Waals surface area contributed by atoms with Gasteiger partial charge in [-0.05, 0) is 43.7 Å². The van der Waals surface area contributed by atoms with Crippen molar-refractivity contribution in [3.8, 4) is 11.8 Å². The summed E-state index contributed by atoms with van der Waals surface area (Å²) in [5, 5.41) is 18.5. The Morgan fingerprint density at radius 3 is 2.47 bits per heavy atom. The fourth-order valence-corrected chi connectivity index (χ4v) is 1.96. The highest BCUT2D eigenvalue weighted by Crippen LogP contribution is 2.16. The first-order valence-electron chi connectivity index (χ1n) is 6.53. The molecule has 0 radical (unpaired) electrons. The third kappa shape index (κ3) is 5.73. The maximum absolute atomic E-state index is 9.90. The van der Waals surface area contributed by atoms with Crippen LogP contribution in [0.4, 0.5) is 0 Å². The zero-order chi connectivity index (χ0) is 14.3. The number of hydrogen-bond donors (Lipinski definition) is 1. The lowest BCUT2D eigenvalue weighted by molar-refractivity contribution is 0.0740. The van der Waals surface area contributed by atoms with Gasteiger partial charge in [0.2, 0.25) is 0 Å². The molecule has 0 aliphatic heterocycles. The molecule has 1 aromatic carbocycles. The van der Waals surface area contributed by atoms with Gasteiger partial charge in [-0.25, -0.2) is 0 Å². The van der Waals surface area contributed by atoms with Crippen molar-refractivity contribution in [3.05, 3.63) is 29.3 Å². The van der Waals surface area contributed by atoms with Crippen LogP contribution in [0.1, 0.15) is 18.1 Å². The summed E-state index contributed by atoms with van der Waals surface area (Å²) in [4.78, 5) is 1.88. The van der Waals surface area contributed by atoms with Crippen molar-refractivity contribution in [1.82, 2.24) is 4.90 Å². The molecular formula is C15H22N2O2. The van der Waals surface area contributed by atoms with Crippen LogP contribution in [0.5, 0.6) is 5.75 Å². The number of ether oxygens (including phenoxy) is 1. The van der Waals surface area contributed by atoms with Gasteiger partial charge in [-0.3, -0.25) is 4.90 Å². The largest absolute Gasteiger partial charge is 0.491 e. The second-order valence-corrected chi connectivity index (χ2v) is 4.77. The fourth-order valence-electron chi connectivity index (χ4n) is 1.96. The lowest BCUT2D eigenvalue weighted by Crippen LogP contribution is -2.35. The molecule has 0 fully saturated rings. The van der Waals surface area contributed by atoms with Crippen LogP contribution in [0, 0.1) is 25.2 Å². The van der Waals surface area contributed by atoms with E-state index in [-0.39, 0.29) is 6.61 Å². The van der Waals surface area contributed by atoms with E-state index in [0.717, 1.165) is 23.4 Å². The highest BCUT2D eigenvalue weighted by atomic mass is 16.5. The smallest absolute Gasteiger partial charge is 0.119 e. The van der Waals surface area contributed by atoms with Crippen LogP contribution in [0.15, 0.2) is 18.2 Å². The zero-order valence-electron chi connectivity index (χ0n) is 11.9. The Labute approximate surface area is 115 Å². The first-order valence-corrected chi connectivity index (χ1v) is 6.53. The molecule has 1 N–H and O–H groups in total. The van der Waals surface area contributed by atoms with Crippen molar-refractivity contribution in [2.45, 2.75) is 26.9 Å². The summed E-state index contributed by atoms with van der Waals surface area (Å²) in [6, 6.07) is 8.07. The van der Waals surface area contributed by atoms with Crippen LogP contribution >= 0.6 is 0 Å². The van der Waals surface area contributed by atoms with Crippen molar-refractivity contribution in [2.75, 3.05) is 26.2 Å². The molecule has 0 bridgehead atoms. The molecule has 1 rings (SSSR count). The van der Waals surface area contributed by atoms with E-state index in [1.165, 1.54) is 0 Å². The van der Waals surface area contributed by atoms with Crippen molar-refractivity contribution < 1.29 is 9.84 Å². The molecule has 0 aliphatic carbocycles. The van der Waals surface area contributed by atoms with Crippen molar-refractivity contribution in [3.63, 3.8) is 0 Å². The van der Waals surface area contributed by atoms with Gasteiger partial charge in [0.1, 0.15) is 18.5 Å². The average Bonchev–Trinajstić information content (AvgIpc) is 2.34. The van der Waals surface area contributed by atoms with Crippen LogP contribution in [0.3, 0.4) is 0 Å². The third-order valence-electron chi connectivity index (χ3n) is 2.85. The summed E-state index contributed by atoms with van der Waals surface area (Å²) in [5.41, 5.74) is 2.29. The molecule has 0 amide bonds. The zero-order valence-corrected chi connectivity index (χ0v) is 11.9. The summed E-state index contributed by atoms with van der Waals surface area (Å²) in [5.74, 6) is 0.778. The Bertz CT molecular complexity index is 420. The minimum absolute atomic E-state index is 0.241.